The van der Waals surface area contributed by atoms with Crippen LogP contribution < -0.4 is 16.0 Å². The van der Waals surface area contributed by atoms with Crippen LogP contribution in [0, 0.1) is 0 Å². The second-order valence-electron chi connectivity index (χ2n) is 4.59. The summed E-state index contributed by atoms with van der Waals surface area (Å²) < 4.78 is 4.43. The first-order valence-corrected chi connectivity index (χ1v) is 6.96. The molecule has 0 saturated heterocycles. The Kier molecular flexibility index (Phi) is 7.63. The summed E-state index contributed by atoms with van der Waals surface area (Å²) in [5.74, 6) is -0.964. The SMILES string of the molecule is CNCCCC(=O)Nc1ccc(C(=O)NCC(=O)OC)cc1. The van der Waals surface area contributed by atoms with Crippen molar-refractivity contribution < 1.29 is 19.1 Å². The number of hydrogen-bond donors (Lipinski definition) is 3. The number of rotatable bonds is 8. The molecule has 22 heavy (non-hydrogen) atoms. The van der Waals surface area contributed by atoms with Crippen LogP contribution in [0.25, 0.3) is 0 Å². The Labute approximate surface area is 129 Å². The van der Waals surface area contributed by atoms with Gasteiger partial charge in [0.1, 0.15) is 6.54 Å². The Morgan fingerprint density at radius 1 is 1.14 bits per heavy atom. The number of esters is 1. The van der Waals surface area contributed by atoms with Crippen LogP contribution in [0.15, 0.2) is 24.3 Å². The molecule has 0 radical (unpaired) electrons. The van der Waals surface area contributed by atoms with Crippen molar-refractivity contribution in [3.05, 3.63) is 29.8 Å². The lowest BCUT2D eigenvalue weighted by molar-refractivity contribution is -0.139. The fourth-order valence-corrected chi connectivity index (χ4v) is 1.68. The van der Waals surface area contributed by atoms with Gasteiger partial charge in [-0.25, -0.2) is 0 Å². The van der Waals surface area contributed by atoms with Crippen LogP contribution in [-0.4, -0.2) is 45.0 Å². The van der Waals surface area contributed by atoms with Crippen molar-refractivity contribution in [2.75, 3.05) is 32.6 Å². The highest BCUT2D eigenvalue weighted by Crippen LogP contribution is 2.10. The molecule has 0 atom stereocenters. The van der Waals surface area contributed by atoms with E-state index in [9.17, 15) is 14.4 Å². The van der Waals surface area contributed by atoms with Crippen LogP contribution in [0.3, 0.4) is 0 Å². The van der Waals surface area contributed by atoms with Gasteiger partial charge in [-0.15, -0.1) is 0 Å². The maximum Gasteiger partial charge on any atom is 0.325 e. The first kappa shape index (κ1) is 17.6. The monoisotopic (exact) mass is 307 g/mol. The van der Waals surface area contributed by atoms with Crippen molar-refractivity contribution in [2.24, 2.45) is 0 Å². The molecule has 0 aliphatic rings. The maximum absolute atomic E-state index is 11.8. The minimum absolute atomic E-state index is 0.0712. The van der Waals surface area contributed by atoms with E-state index in [1.165, 1.54) is 7.11 Å². The highest BCUT2D eigenvalue weighted by molar-refractivity contribution is 5.97. The predicted molar refractivity (Wildman–Crippen MR) is 82.6 cm³/mol. The fraction of sp³-hybridized carbons (Fsp3) is 0.400. The van der Waals surface area contributed by atoms with Gasteiger partial charge in [0.15, 0.2) is 0 Å². The van der Waals surface area contributed by atoms with E-state index in [2.05, 4.69) is 20.7 Å². The molecule has 2 amide bonds. The third-order valence-electron chi connectivity index (χ3n) is 2.88. The molecule has 7 nitrogen and oxygen atoms in total. The molecule has 7 heteroatoms. The van der Waals surface area contributed by atoms with Crippen molar-refractivity contribution in [3.63, 3.8) is 0 Å². The highest BCUT2D eigenvalue weighted by Gasteiger charge is 2.08. The molecule has 0 spiro atoms. The normalized spacial score (nSPS) is 9.91. The van der Waals surface area contributed by atoms with Gasteiger partial charge in [-0.05, 0) is 44.3 Å². The van der Waals surface area contributed by atoms with Gasteiger partial charge in [0.05, 0.1) is 7.11 Å². The van der Waals surface area contributed by atoms with E-state index < -0.39 is 5.97 Å². The van der Waals surface area contributed by atoms with Crippen LogP contribution in [0.1, 0.15) is 23.2 Å². The van der Waals surface area contributed by atoms with Crippen LogP contribution in [-0.2, 0) is 14.3 Å². The molecule has 1 aromatic rings. The van der Waals surface area contributed by atoms with Crippen molar-refractivity contribution in [1.82, 2.24) is 10.6 Å². The van der Waals surface area contributed by atoms with E-state index in [0.29, 0.717) is 17.7 Å². The summed E-state index contributed by atoms with van der Waals surface area (Å²) in [4.78, 5) is 34.3. The van der Waals surface area contributed by atoms with E-state index in [0.717, 1.165) is 13.0 Å². The van der Waals surface area contributed by atoms with Crippen LogP contribution >= 0.6 is 0 Å². The van der Waals surface area contributed by atoms with Crippen LogP contribution in [0.5, 0.6) is 0 Å². The van der Waals surface area contributed by atoms with Gasteiger partial charge in [-0.3, -0.25) is 14.4 Å². The largest absolute Gasteiger partial charge is 0.468 e. The molecule has 0 unspecified atom stereocenters. The van der Waals surface area contributed by atoms with E-state index in [1.807, 2.05) is 7.05 Å². The van der Waals surface area contributed by atoms with E-state index in [-0.39, 0.29) is 18.4 Å². The summed E-state index contributed by atoms with van der Waals surface area (Å²) >= 11 is 0. The molecule has 0 aromatic heterocycles. The molecule has 1 aromatic carbocycles. The van der Waals surface area contributed by atoms with Crippen molar-refractivity contribution in [1.29, 1.82) is 0 Å². The van der Waals surface area contributed by atoms with Gasteiger partial charge in [-0.2, -0.15) is 0 Å². The Morgan fingerprint density at radius 2 is 1.82 bits per heavy atom. The quantitative estimate of drug-likeness (QED) is 0.481. The van der Waals surface area contributed by atoms with Gasteiger partial charge in [0.25, 0.3) is 5.91 Å². The third kappa shape index (κ3) is 6.36. The highest BCUT2D eigenvalue weighted by atomic mass is 16.5. The van der Waals surface area contributed by atoms with Crippen molar-refractivity contribution in [3.8, 4) is 0 Å². The zero-order chi connectivity index (χ0) is 16.4. The lowest BCUT2D eigenvalue weighted by atomic mass is 10.2. The molecule has 0 saturated carbocycles. The van der Waals surface area contributed by atoms with Gasteiger partial charge in [0.2, 0.25) is 5.91 Å². The molecule has 3 N–H and O–H groups in total. The maximum atomic E-state index is 11.8. The minimum Gasteiger partial charge on any atom is -0.468 e. The predicted octanol–water partition coefficient (Wildman–Crippen LogP) is 0.527. The number of carbonyl (C=O) groups excluding carboxylic acids is 3. The summed E-state index contributed by atoms with van der Waals surface area (Å²) in [6.07, 6.45) is 1.19. The summed E-state index contributed by atoms with van der Waals surface area (Å²) in [5, 5.41) is 8.16. The van der Waals surface area contributed by atoms with Gasteiger partial charge < -0.3 is 20.7 Å². The third-order valence-corrected chi connectivity index (χ3v) is 2.88. The Balaban J connectivity index is 2.46. The summed E-state index contributed by atoms with van der Waals surface area (Å²) in [7, 11) is 3.09. The van der Waals surface area contributed by atoms with Gasteiger partial charge >= 0.3 is 5.97 Å². The topological polar surface area (TPSA) is 96.5 Å². The molecule has 0 aliphatic heterocycles. The van der Waals surface area contributed by atoms with Gasteiger partial charge in [0, 0.05) is 17.7 Å². The number of methoxy groups -OCH3 is 1. The summed E-state index contributed by atoms with van der Waals surface area (Å²) in [6, 6.07) is 6.44. The molecular weight excluding hydrogens is 286 g/mol. The van der Waals surface area contributed by atoms with Crippen LogP contribution in [0.4, 0.5) is 5.69 Å². The molecular formula is C15H21N3O4. The Morgan fingerprint density at radius 3 is 2.41 bits per heavy atom. The number of amides is 2. The van der Waals surface area contributed by atoms with E-state index in [4.69, 9.17) is 0 Å². The summed E-state index contributed by atoms with van der Waals surface area (Å²) in [5.41, 5.74) is 1.02. The molecule has 0 heterocycles. The van der Waals surface area contributed by atoms with Crippen molar-refractivity contribution >= 4 is 23.5 Å². The molecule has 0 bridgehead atoms. The Hall–Kier alpha value is -2.41. The first-order valence-electron chi connectivity index (χ1n) is 6.96. The smallest absolute Gasteiger partial charge is 0.325 e. The van der Waals surface area contributed by atoms with Crippen LogP contribution in [0.2, 0.25) is 0 Å². The van der Waals surface area contributed by atoms with Gasteiger partial charge in [-0.1, -0.05) is 0 Å². The number of ether oxygens (including phenoxy) is 1. The number of benzene rings is 1. The fourth-order valence-electron chi connectivity index (χ4n) is 1.68. The lowest BCUT2D eigenvalue weighted by Gasteiger charge is -2.07. The van der Waals surface area contributed by atoms with Crippen molar-refractivity contribution in [2.45, 2.75) is 12.8 Å². The van der Waals surface area contributed by atoms with E-state index in [1.54, 1.807) is 24.3 Å². The second-order valence-corrected chi connectivity index (χ2v) is 4.59. The lowest BCUT2D eigenvalue weighted by Crippen LogP contribution is -2.30. The number of nitrogens with one attached hydrogen (secondary N) is 3. The number of anilines is 1. The average Bonchev–Trinajstić information content (AvgIpc) is 2.53. The minimum atomic E-state index is -0.515. The molecule has 0 fully saturated rings. The second kappa shape index (κ2) is 9.51. The number of carbonyl (C=O) groups is 3. The molecule has 0 aliphatic carbocycles. The number of hydrogen-bond acceptors (Lipinski definition) is 5. The standard InChI is InChI=1S/C15H21N3O4/c1-16-9-3-4-13(19)18-12-7-5-11(6-8-12)15(21)17-10-14(20)22-2/h5-8,16H,3-4,9-10H2,1-2H3,(H,17,21)(H,18,19). The van der Waals surface area contributed by atoms with E-state index >= 15 is 0 Å². The molecule has 1 rings (SSSR count). The summed E-state index contributed by atoms with van der Waals surface area (Å²) in [6.45, 7) is 0.603. The zero-order valence-corrected chi connectivity index (χ0v) is 12.8. The molecule has 120 valence electrons. The first-order chi connectivity index (χ1) is 10.6. The Bertz CT molecular complexity index is 514. The zero-order valence-electron chi connectivity index (χ0n) is 12.8. The average molecular weight is 307 g/mol.